The Morgan fingerprint density at radius 3 is 2.57 bits per heavy atom. The van der Waals surface area contributed by atoms with Crippen molar-refractivity contribution in [2.75, 3.05) is 7.05 Å². The largest absolute Gasteiger partial charge is 0.459 e. The van der Waals surface area contributed by atoms with E-state index in [0.29, 0.717) is 22.3 Å². The van der Waals surface area contributed by atoms with Gasteiger partial charge in [-0.15, -0.1) is 0 Å². The highest BCUT2D eigenvalue weighted by atomic mass is 19.1. The van der Waals surface area contributed by atoms with Gasteiger partial charge in [-0.3, -0.25) is 0 Å². The Hall–Kier alpha value is -2.20. The molecule has 0 bridgehead atoms. The standard InChI is InChI=1S/C17H15F2NO/c1-10-7-11(3-5-14(10)19)17(20-2)16-9-12-8-13(18)4-6-15(12)21-16/h3-9,17,20H,1-2H3. The first-order valence-electron chi connectivity index (χ1n) is 6.71. The smallest absolute Gasteiger partial charge is 0.134 e. The molecule has 1 aromatic heterocycles. The molecule has 3 aromatic rings. The second-order valence-corrected chi connectivity index (χ2v) is 5.06. The van der Waals surface area contributed by atoms with Gasteiger partial charge < -0.3 is 9.73 Å². The molecule has 0 radical (unpaired) electrons. The number of fused-ring (bicyclic) bond motifs is 1. The minimum Gasteiger partial charge on any atom is -0.459 e. The van der Waals surface area contributed by atoms with Crippen LogP contribution in [0.15, 0.2) is 46.9 Å². The van der Waals surface area contributed by atoms with Gasteiger partial charge in [0.25, 0.3) is 0 Å². The topological polar surface area (TPSA) is 25.2 Å². The predicted molar refractivity (Wildman–Crippen MR) is 78.2 cm³/mol. The van der Waals surface area contributed by atoms with Crippen LogP contribution in [0.25, 0.3) is 11.0 Å². The first-order chi connectivity index (χ1) is 10.1. The monoisotopic (exact) mass is 287 g/mol. The van der Waals surface area contributed by atoms with Crippen molar-refractivity contribution in [3.63, 3.8) is 0 Å². The molecule has 1 heterocycles. The lowest BCUT2D eigenvalue weighted by molar-refractivity contribution is 0.490. The van der Waals surface area contributed by atoms with Gasteiger partial charge in [-0.2, -0.15) is 0 Å². The summed E-state index contributed by atoms with van der Waals surface area (Å²) in [6, 6.07) is 10.9. The zero-order valence-electron chi connectivity index (χ0n) is 11.8. The van der Waals surface area contributed by atoms with Crippen molar-refractivity contribution in [1.82, 2.24) is 5.32 Å². The Labute approximate surface area is 121 Å². The molecule has 1 atom stereocenters. The van der Waals surface area contributed by atoms with Crippen molar-refractivity contribution in [2.45, 2.75) is 13.0 Å². The molecule has 21 heavy (non-hydrogen) atoms. The SMILES string of the molecule is CNC(c1ccc(F)c(C)c1)c1cc2cc(F)ccc2o1. The van der Waals surface area contributed by atoms with Crippen molar-refractivity contribution in [3.8, 4) is 0 Å². The van der Waals surface area contributed by atoms with Gasteiger partial charge in [0.15, 0.2) is 0 Å². The van der Waals surface area contributed by atoms with Gasteiger partial charge in [0.05, 0.1) is 6.04 Å². The molecule has 0 saturated heterocycles. The molecule has 2 nitrogen and oxygen atoms in total. The quantitative estimate of drug-likeness (QED) is 0.775. The van der Waals surface area contributed by atoms with Crippen LogP contribution in [0.2, 0.25) is 0 Å². The first kappa shape index (κ1) is 13.8. The molecule has 0 spiro atoms. The zero-order valence-corrected chi connectivity index (χ0v) is 11.8. The Morgan fingerprint density at radius 1 is 1.05 bits per heavy atom. The van der Waals surface area contributed by atoms with E-state index in [1.807, 2.05) is 0 Å². The second-order valence-electron chi connectivity index (χ2n) is 5.06. The van der Waals surface area contributed by atoms with Crippen LogP contribution in [0.1, 0.15) is 22.9 Å². The van der Waals surface area contributed by atoms with E-state index >= 15 is 0 Å². The number of furan rings is 1. The molecule has 2 aromatic carbocycles. The molecule has 0 aliphatic rings. The van der Waals surface area contributed by atoms with Crippen LogP contribution >= 0.6 is 0 Å². The summed E-state index contributed by atoms with van der Waals surface area (Å²) in [5.41, 5.74) is 2.11. The van der Waals surface area contributed by atoms with Crippen molar-refractivity contribution in [2.24, 2.45) is 0 Å². The maximum absolute atomic E-state index is 13.4. The number of aryl methyl sites for hydroxylation is 1. The van der Waals surface area contributed by atoms with Crippen molar-refractivity contribution in [1.29, 1.82) is 0 Å². The van der Waals surface area contributed by atoms with Gasteiger partial charge in [0.1, 0.15) is 23.0 Å². The third-order valence-electron chi connectivity index (χ3n) is 3.59. The fourth-order valence-electron chi connectivity index (χ4n) is 2.50. The van der Waals surface area contributed by atoms with E-state index in [4.69, 9.17) is 4.42 Å². The number of hydrogen-bond donors (Lipinski definition) is 1. The molecular formula is C17H15F2NO. The third-order valence-corrected chi connectivity index (χ3v) is 3.59. The van der Waals surface area contributed by atoms with Gasteiger partial charge in [-0.05, 0) is 55.4 Å². The van der Waals surface area contributed by atoms with Crippen molar-refractivity contribution < 1.29 is 13.2 Å². The molecule has 1 unspecified atom stereocenters. The summed E-state index contributed by atoms with van der Waals surface area (Å²) in [7, 11) is 1.80. The van der Waals surface area contributed by atoms with Gasteiger partial charge >= 0.3 is 0 Å². The number of halogens is 2. The minimum atomic E-state index is -0.298. The molecule has 0 amide bonds. The predicted octanol–water partition coefficient (Wildman–Crippen LogP) is 4.33. The Balaban J connectivity index is 2.06. The van der Waals surface area contributed by atoms with Crippen molar-refractivity contribution in [3.05, 3.63) is 71.0 Å². The average molecular weight is 287 g/mol. The lowest BCUT2D eigenvalue weighted by Gasteiger charge is -2.14. The van der Waals surface area contributed by atoms with Gasteiger partial charge in [0.2, 0.25) is 0 Å². The van der Waals surface area contributed by atoms with E-state index in [-0.39, 0.29) is 17.7 Å². The Kier molecular flexibility index (Phi) is 3.47. The highest BCUT2D eigenvalue weighted by Gasteiger charge is 2.18. The number of benzene rings is 2. The van der Waals surface area contributed by atoms with Gasteiger partial charge in [0, 0.05) is 5.39 Å². The fourth-order valence-corrected chi connectivity index (χ4v) is 2.50. The number of rotatable bonds is 3. The summed E-state index contributed by atoms with van der Waals surface area (Å²) in [4.78, 5) is 0. The fraction of sp³-hybridized carbons (Fsp3) is 0.176. The van der Waals surface area contributed by atoms with Crippen LogP contribution in [0, 0.1) is 18.6 Å². The maximum Gasteiger partial charge on any atom is 0.134 e. The Morgan fingerprint density at radius 2 is 1.86 bits per heavy atom. The van der Waals surface area contributed by atoms with E-state index in [9.17, 15) is 8.78 Å². The molecule has 4 heteroatoms. The lowest BCUT2D eigenvalue weighted by atomic mass is 10.0. The van der Waals surface area contributed by atoms with E-state index in [2.05, 4.69) is 5.32 Å². The molecule has 3 rings (SSSR count). The number of nitrogens with one attached hydrogen (secondary N) is 1. The normalized spacial score (nSPS) is 12.8. The molecule has 0 saturated carbocycles. The van der Waals surface area contributed by atoms with Crippen LogP contribution in [-0.4, -0.2) is 7.05 Å². The molecular weight excluding hydrogens is 272 g/mol. The van der Waals surface area contributed by atoms with Crippen LogP contribution in [-0.2, 0) is 0 Å². The van der Waals surface area contributed by atoms with Gasteiger partial charge in [-0.25, -0.2) is 8.78 Å². The highest BCUT2D eigenvalue weighted by Crippen LogP contribution is 2.29. The minimum absolute atomic E-state index is 0.209. The van der Waals surface area contributed by atoms with E-state index in [1.54, 1.807) is 38.2 Å². The van der Waals surface area contributed by atoms with Crippen LogP contribution < -0.4 is 5.32 Å². The molecule has 108 valence electrons. The summed E-state index contributed by atoms with van der Waals surface area (Å²) < 4.78 is 32.4. The van der Waals surface area contributed by atoms with Crippen LogP contribution in [0.3, 0.4) is 0 Å². The van der Waals surface area contributed by atoms with E-state index in [0.717, 1.165) is 5.56 Å². The lowest BCUT2D eigenvalue weighted by Crippen LogP contribution is -2.17. The van der Waals surface area contributed by atoms with Crippen LogP contribution in [0.4, 0.5) is 8.78 Å². The molecule has 1 N–H and O–H groups in total. The third kappa shape index (κ3) is 2.54. The summed E-state index contributed by atoms with van der Waals surface area (Å²) in [6.07, 6.45) is 0. The summed E-state index contributed by atoms with van der Waals surface area (Å²) >= 11 is 0. The highest BCUT2D eigenvalue weighted by molar-refractivity contribution is 5.78. The Bertz CT molecular complexity index is 795. The average Bonchev–Trinajstić information content (AvgIpc) is 2.86. The summed E-state index contributed by atoms with van der Waals surface area (Å²) in [5.74, 6) is 0.137. The molecule has 0 aliphatic heterocycles. The van der Waals surface area contributed by atoms with E-state index in [1.165, 1.54) is 18.2 Å². The number of hydrogen-bond acceptors (Lipinski definition) is 2. The maximum atomic E-state index is 13.4. The summed E-state index contributed by atoms with van der Waals surface area (Å²) in [5, 5.41) is 3.86. The summed E-state index contributed by atoms with van der Waals surface area (Å²) in [6.45, 7) is 1.72. The van der Waals surface area contributed by atoms with Crippen molar-refractivity contribution >= 4 is 11.0 Å². The zero-order chi connectivity index (χ0) is 15.0. The molecule has 0 aliphatic carbocycles. The first-order valence-corrected chi connectivity index (χ1v) is 6.71. The molecule has 0 fully saturated rings. The van der Waals surface area contributed by atoms with Gasteiger partial charge in [-0.1, -0.05) is 12.1 Å². The second kappa shape index (κ2) is 5.30. The van der Waals surface area contributed by atoms with E-state index < -0.39 is 0 Å². The van der Waals surface area contributed by atoms with Crippen LogP contribution in [0.5, 0.6) is 0 Å².